The van der Waals surface area contributed by atoms with Crippen molar-refractivity contribution >= 4 is 50.0 Å². The van der Waals surface area contributed by atoms with E-state index in [1.165, 1.54) is 50.2 Å². The molecule has 0 bridgehead atoms. The van der Waals surface area contributed by atoms with Crippen molar-refractivity contribution in [1.82, 2.24) is 0 Å². The second-order valence-corrected chi connectivity index (χ2v) is 11.7. The molecule has 18 heteroatoms. The number of hydrogen-bond acceptors (Lipinski definition) is 15. The lowest BCUT2D eigenvalue weighted by atomic mass is 10.0. The van der Waals surface area contributed by atoms with E-state index < -0.39 is 63.6 Å². The van der Waals surface area contributed by atoms with Crippen LogP contribution in [0, 0.1) is 0 Å². The molecule has 230 valence electrons. The Morgan fingerprint density at radius 1 is 1.15 bits per heavy atom. The van der Waals surface area contributed by atoms with E-state index in [-0.39, 0.29) is 35.1 Å². The minimum atomic E-state index is -4.95. The highest BCUT2D eigenvalue weighted by atomic mass is 32.3. The second kappa shape index (κ2) is 16.1. The van der Waals surface area contributed by atoms with Crippen LogP contribution in [0.15, 0.2) is 34.8 Å². The number of hydrogen-bond donors (Lipinski definition) is 5. The van der Waals surface area contributed by atoms with Crippen LogP contribution in [-0.4, -0.2) is 106 Å². The van der Waals surface area contributed by atoms with Crippen LogP contribution in [0.2, 0.25) is 0 Å². The number of carbonyl (C=O) groups excluding carboxylic acids is 1. The van der Waals surface area contributed by atoms with Crippen LogP contribution in [0.25, 0.3) is 6.08 Å². The van der Waals surface area contributed by atoms with Crippen molar-refractivity contribution in [2.24, 2.45) is 5.16 Å². The average Bonchev–Trinajstić information content (AvgIpc) is 2.91. The molecule has 1 heterocycles. The van der Waals surface area contributed by atoms with Gasteiger partial charge in [0.15, 0.2) is 11.5 Å². The first kappa shape index (κ1) is 34.5. The first-order chi connectivity index (χ1) is 19.2. The molecule has 1 aromatic carbocycles. The van der Waals surface area contributed by atoms with Crippen molar-refractivity contribution in [3.05, 3.63) is 35.3 Å². The molecule has 0 amide bonds. The van der Waals surface area contributed by atoms with Crippen molar-refractivity contribution in [2.75, 3.05) is 27.1 Å². The number of allylic oxidation sites excluding steroid dienone is 1. The van der Waals surface area contributed by atoms with E-state index in [2.05, 4.69) is 9.44 Å². The van der Waals surface area contributed by atoms with Gasteiger partial charge in [-0.15, -0.1) is 0 Å². The van der Waals surface area contributed by atoms with Gasteiger partial charge in [-0.05, 0) is 35.6 Å². The Bertz CT molecular complexity index is 1240. The smallest absolute Gasteiger partial charge is 0.466 e. The summed E-state index contributed by atoms with van der Waals surface area (Å²) in [5.41, 5.74) is -0.908. The molecule has 1 aliphatic heterocycles. The van der Waals surface area contributed by atoms with Crippen molar-refractivity contribution in [3.8, 4) is 17.2 Å². The van der Waals surface area contributed by atoms with E-state index >= 15 is 0 Å². The molecule has 2 rings (SSSR count). The molecule has 0 aliphatic carbocycles. The summed E-state index contributed by atoms with van der Waals surface area (Å²) in [5, 5.41) is 45.7. The zero-order chi connectivity index (χ0) is 30.7. The highest BCUT2D eigenvalue weighted by molar-refractivity contribution is 8.14. The number of methoxy groups -OCH3 is 2. The van der Waals surface area contributed by atoms with Crippen molar-refractivity contribution in [2.45, 2.75) is 42.7 Å². The molecular weight excluding hydrogens is 610 g/mol. The molecule has 5 N–H and O–H groups in total. The number of benzene rings is 1. The molecule has 15 nitrogen and oxygen atoms in total. The quantitative estimate of drug-likeness (QED) is 0.0488. The predicted molar refractivity (Wildman–Crippen MR) is 148 cm³/mol. The molecule has 6 atom stereocenters. The molecule has 1 aromatic rings. The SMILES string of the molecule is COc1cc(/C=C/C(=O)OCC2OC(S/C(CC/C=C/S(C)=O)=N/OS(=O)(=O)O)C(O)C(O)C2O)cc(OC)c1O. The molecule has 1 saturated heterocycles. The lowest BCUT2D eigenvalue weighted by Crippen LogP contribution is -2.58. The average molecular weight is 642 g/mol. The Balaban J connectivity index is 2.10. The number of aliphatic hydroxyl groups excluding tert-OH is 3. The normalized spacial score (nSPS) is 24.4. The topological polar surface area (TPSA) is 228 Å². The number of oxime groups is 1. The summed E-state index contributed by atoms with van der Waals surface area (Å²) < 4.78 is 66.8. The van der Waals surface area contributed by atoms with Gasteiger partial charge >= 0.3 is 16.4 Å². The minimum absolute atomic E-state index is 0.00358. The van der Waals surface area contributed by atoms with E-state index in [1.807, 2.05) is 0 Å². The monoisotopic (exact) mass is 641 g/mol. The fourth-order valence-electron chi connectivity index (χ4n) is 3.30. The Labute approximate surface area is 242 Å². The molecule has 41 heavy (non-hydrogen) atoms. The summed E-state index contributed by atoms with van der Waals surface area (Å²) in [6.07, 6.45) is -0.850. The third-order valence-corrected chi connectivity index (χ3v) is 7.28. The highest BCUT2D eigenvalue weighted by Gasteiger charge is 2.45. The maximum absolute atomic E-state index is 12.3. The van der Waals surface area contributed by atoms with Gasteiger partial charge in [0.2, 0.25) is 5.75 Å². The van der Waals surface area contributed by atoms with E-state index in [0.29, 0.717) is 17.3 Å². The van der Waals surface area contributed by atoms with Gasteiger partial charge in [0, 0.05) is 29.6 Å². The van der Waals surface area contributed by atoms with Gasteiger partial charge < -0.3 is 39.4 Å². The maximum Gasteiger partial charge on any atom is 0.466 e. The third kappa shape index (κ3) is 11.2. The fraction of sp³-hybridized carbons (Fsp3) is 0.478. The van der Waals surface area contributed by atoms with Crippen molar-refractivity contribution < 1.29 is 65.6 Å². The lowest BCUT2D eigenvalue weighted by Gasteiger charge is -2.39. The number of nitrogens with zero attached hydrogens (tertiary/aromatic N) is 1. The van der Waals surface area contributed by atoms with Crippen molar-refractivity contribution in [1.29, 1.82) is 0 Å². The number of thioether (sulfide) groups is 1. The number of aromatic hydroxyl groups is 1. The first-order valence-corrected chi connectivity index (χ1v) is 15.5. The number of carbonyl (C=O) groups is 1. The van der Waals surface area contributed by atoms with E-state index in [1.54, 1.807) is 0 Å². The van der Waals surface area contributed by atoms with Crippen LogP contribution in [0.5, 0.6) is 17.2 Å². The van der Waals surface area contributed by atoms with Gasteiger partial charge in [-0.1, -0.05) is 23.0 Å². The number of phenols is 1. The van der Waals surface area contributed by atoms with Gasteiger partial charge in [-0.2, -0.15) is 8.42 Å². The summed E-state index contributed by atoms with van der Waals surface area (Å²) in [6, 6.07) is 2.88. The van der Waals surface area contributed by atoms with Gasteiger partial charge in [0.1, 0.15) is 41.5 Å². The van der Waals surface area contributed by atoms with Crippen LogP contribution < -0.4 is 9.47 Å². The van der Waals surface area contributed by atoms with Crippen LogP contribution in [0.4, 0.5) is 0 Å². The number of esters is 1. The molecule has 0 saturated carbocycles. The number of ether oxygens (including phenoxy) is 4. The number of phenolic OH excluding ortho intramolecular Hbond substituents is 1. The molecule has 0 aromatic heterocycles. The Morgan fingerprint density at radius 2 is 1.78 bits per heavy atom. The Kier molecular flexibility index (Phi) is 13.5. The molecule has 1 aliphatic rings. The van der Waals surface area contributed by atoms with Gasteiger partial charge in [-0.3, -0.25) is 8.76 Å². The molecular formula is C23H31NO14S3. The molecule has 1 fully saturated rings. The van der Waals surface area contributed by atoms with E-state index in [9.17, 15) is 37.8 Å². The standard InChI is InChI=1S/C23H31NO14S3/c1-34-14-10-13(11-15(35-2)19(14)26)7-8-18(25)36-12-16-20(27)21(28)22(29)23(37-16)39-17(24-38-41(31,32)33)6-4-5-9-40(3)30/h5,7-11,16,20-23,26-29H,4,6,12H2,1-3H3,(H,31,32,33)/b8-7+,9-5+,24-17+. The number of aliphatic hydroxyl groups is 3. The Morgan fingerprint density at radius 3 is 2.34 bits per heavy atom. The zero-order valence-electron chi connectivity index (χ0n) is 22.1. The second-order valence-electron chi connectivity index (χ2n) is 8.27. The molecule has 6 unspecified atom stereocenters. The lowest BCUT2D eigenvalue weighted by molar-refractivity contribution is -0.209. The van der Waals surface area contributed by atoms with E-state index in [0.717, 1.165) is 6.08 Å². The molecule has 0 radical (unpaired) electrons. The highest BCUT2D eigenvalue weighted by Crippen LogP contribution is 2.37. The summed E-state index contributed by atoms with van der Waals surface area (Å²) in [4.78, 5) is 12.3. The summed E-state index contributed by atoms with van der Waals surface area (Å²) in [7, 11) is -3.51. The van der Waals surface area contributed by atoms with Crippen LogP contribution in [0.3, 0.4) is 0 Å². The first-order valence-electron chi connectivity index (χ1n) is 11.6. The van der Waals surface area contributed by atoms with Gasteiger partial charge in [-0.25, -0.2) is 9.08 Å². The van der Waals surface area contributed by atoms with Crippen molar-refractivity contribution in [3.63, 3.8) is 0 Å². The van der Waals surface area contributed by atoms with Gasteiger partial charge in [0.25, 0.3) is 0 Å². The maximum atomic E-state index is 12.3. The minimum Gasteiger partial charge on any atom is -0.502 e. The Hall–Kier alpha value is -2.71. The van der Waals surface area contributed by atoms with E-state index in [4.69, 9.17) is 23.5 Å². The van der Waals surface area contributed by atoms with Crippen LogP contribution in [0.1, 0.15) is 18.4 Å². The molecule has 0 spiro atoms. The fourth-order valence-corrected chi connectivity index (χ4v) is 5.02. The predicted octanol–water partition coefficient (Wildman–Crippen LogP) is 0.312. The van der Waals surface area contributed by atoms with Crippen LogP contribution in [-0.2, 0) is 39.8 Å². The van der Waals surface area contributed by atoms with Crippen LogP contribution >= 0.6 is 11.8 Å². The largest absolute Gasteiger partial charge is 0.502 e. The van der Waals surface area contributed by atoms with Gasteiger partial charge in [0.05, 0.1) is 14.2 Å². The summed E-state index contributed by atoms with van der Waals surface area (Å²) >= 11 is 0.630. The third-order valence-electron chi connectivity index (χ3n) is 5.27. The summed E-state index contributed by atoms with van der Waals surface area (Å²) in [6.45, 7) is -0.549. The zero-order valence-corrected chi connectivity index (χ0v) is 24.5. The number of rotatable bonds is 13. The summed E-state index contributed by atoms with van der Waals surface area (Å²) in [5.74, 6) is -0.875.